The Labute approximate surface area is 197 Å². The highest BCUT2D eigenvalue weighted by Crippen LogP contribution is 2.46. The molecule has 166 valence electrons. The van der Waals surface area contributed by atoms with Gasteiger partial charge in [-0.2, -0.15) is 0 Å². The number of carbonyl (C=O) groups excluding carboxylic acids is 2. The molecule has 0 radical (unpaired) electrons. The summed E-state index contributed by atoms with van der Waals surface area (Å²) in [6, 6.07) is 22.4. The third-order valence-electron chi connectivity index (χ3n) is 6.53. The number of rotatable bonds is 4. The van der Waals surface area contributed by atoms with E-state index >= 15 is 0 Å². The van der Waals surface area contributed by atoms with E-state index < -0.39 is 11.9 Å². The van der Waals surface area contributed by atoms with Gasteiger partial charge in [-0.3, -0.25) is 4.79 Å². The van der Waals surface area contributed by atoms with Crippen LogP contribution in [0, 0.1) is 0 Å². The fourth-order valence-electron chi connectivity index (χ4n) is 4.98. The number of Topliss-reactive ketones (excluding diaryl/α,β-unsaturated/α-hetero) is 1. The zero-order valence-corrected chi connectivity index (χ0v) is 19.4. The normalized spacial score (nSPS) is 20.4. The summed E-state index contributed by atoms with van der Waals surface area (Å²) in [6.07, 6.45) is 1.21. The van der Waals surface area contributed by atoms with Crippen molar-refractivity contribution in [1.82, 2.24) is 5.32 Å². The van der Waals surface area contributed by atoms with Gasteiger partial charge in [0.1, 0.15) is 0 Å². The van der Waals surface area contributed by atoms with Gasteiger partial charge in [-0.05, 0) is 41.5 Å². The number of ether oxygens (including phenoxy) is 1. The maximum atomic E-state index is 13.5. The van der Waals surface area contributed by atoms with Gasteiger partial charge < -0.3 is 10.1 Å². The predicted octanol–water partition coefficient (Wildman–Crippen LogP) is 5.95. The predicted molar refractivity (Wildman–Crippen MR) is 131 cm³/mol. The van der Waals surface area contributed by atoms with Gasteiger partial charge in [-0.15, -0.1) is 11.3 Å². The van der Waals surface area contributed by atoms with Crippen LogP contribution in [0.1, 0.15) is 42.0 Å². The first-order valence-corrected chi connectivity index (χ1v) is 12.0. The number of benzene rings is 2. The maximum Gasteiger partial charge on any atom is 0.336 e. The topological polar surface area (TPSA) is 55.4 Å². The molecule has 4 nitrogen and oxygen atoms in total. The number of thiophene rings is 1. The first kappa shape index (κ1) is 21.4. The van der Waals surface area contributed by atoms with Crippen molar-refractivity contribution >= 4 is 23.1 Å². The third kappa shape index (κ3) is 3.93. The number of dihydropyridines is 1. The molecule has 2 aromatic carbocycles. The number of esters is 1. The Morgan fingerprint density at radius 3 is 2.36 bits per heavy atom. The van der Waals surface area contributed by atoms with Gasteiger partial charge in [0.25, 0.3) is 0 Å². The molecule has 0 fully saturated rings. The van der Waals surface area contributed by atoms with Gasteiger partial charge >= 0.3 is 5.97 Å². The van der Waals surface area contributed by atoms with Gasteiger partial charge in [0, 0.05) is 40.1 Å². The zero-order valence-electron chi connectivity index (χ0n) is 18.6. The molecule has 0 bridgehead atoms. The van der Waals surface area contributed by atoms with E-state index in [2.05, 4.69) is 41.0 Å². The molecule has 0 spiro atoms. The largest absolute Gasteiger partial charge is 0.466 e. The van der Waals surface area contributed by atoms with Crippen molar-refractivity contribution in [2.24, 2.45) is 0 Å². The van der Waals surface area contributed by atoms with Crippen LogP contribution in [0.25, 0.3) is 11.1 Å². The van der Waals surface area contributed by atoms with Crippen LogP contribution in [0.3, 0.4) is 0 Å². The van der Waals surface area contributed by atoms with Crippen LogP contribution in [-0.4, -0.2) is 18.9 Å². The lowest BCUT2D eigenvalue weighted by Crippen LogP contribution is -2.35. The number of carbonyl (C=O) groups is 2. The second kappa shape index (κ2) is 8.83. The molecular formula is C28H25NO3S. The fraction of sp³-hybridized carbons (Fsp3) is 0.214. The summed E-state index contributed by atoms with van der Waals surface area (Å²) in [5, 5.41) is 5.44. The summed E-state index contributed by atoms with van der Waals surface area (Å²) < 4.78 is 5.13. The van der Waals surface area contributed by atoms with E-state index in [1.807, 2.05) is 43.3 Å². The number of ketones is 1. The molecule has 33 heavy (non-hydrogen) atoms. The molecule has 0 amide bonds. The van der Waals surface area contributed by atoms with E-state index in [1.54, 1.807) is 11.3 Å². The average molecular weight is 456 g/mol. The highest BCUT2D eigenvalue weighted by atomic mass is 32.1. The van der Waals surface area contributed by atoms with E-state index in [0.29, 0.717) is 17.6 Å². The van der Waals surface area contributed by atoms with Crippen molar-refractivity contribution in [3.8, 4) is 11.1 Å². The molecule has 1 aromatic heterocycles. The molecule has 2 unspecified atom stereocenters. The molecule has 3 aromatic rings. The molecule has 0 saturated heterocycles. The molecule has 2 atom stereocenters. The molecule has 5 rings (SSSR count). The smallest absolute Gasteiger partial charge is 0.336 e. The third-order valence-corrected chi connectivity index (χ3v) is 7.56. The van der Waals surface area contributed by atoms with Crippen LogP contribution in [0.4, 0.5) is 0 Å². The Hall–Kier alpha value is -3.44. The Balaban J connectivity index is 1.58. The molecule has 1 N–H and O–H groups in total. The average Bonchev–Trinajstić information content (AvgIpc) is 3.38. The van der Waals surface area contributed by atoms with Crippen LogP contribution >= 0.6 is 11.3 Å². The number of methoxy groups -OCH3 is 1. The van der Waals surface area contributed by atoms with Crippen molar-refractivity contribution in [3.05, 3.63) is 105 Å². The van der Waals surface area contributed by atoms with E-state index in [-0.39, 0.29) is 11.7 Å². The molecule has 1 aliphatic carbocycles. The summed E-state index contributed by atoms with van der Waals surface area (Å²) in [5.74, 6) is -0.585. The summed E-state index contributed by atoms with van der Waals surface area (Å²) in [7, 11) is 1.39. The number of allylic oxidation sites excluding steroid dienone is 3. The van der Waals surface area contributed by atoms with E-state index in [1.165, 1.54) is 12.0 Å². The number of nitrogens with one attached hydrogen (secondary N) is 1. The van der Waals surface area contributed by atoms with Crippen molar-refractivity contribution in [3.63, 3.8) is 0 Å². The monoisotopic (exact) mass is 455 g/mol. The Morgan fingerprint density at radius 2 is 1.70 bits per heavy atom. The van der Waals surface area contributed by atoms with Crippen molar-refractivity contribution in [2.75, 3.05) is 7.11 Å². The summed E-state index contributed by atoms with van der Waals surface area (Å²) >= 11 is 1.69. The van der Waals surface area contributed by atoms with Crippen LogP contribution in [-0.2, 0) is 14.3 Å². The molecular weight excluding hydrogens is 430 g/mol. The van der Waals surface area contributed by atoms with Crippen LogP contribution in [0.2, 0.25) is 0 Å². The van der Waals surface area contributed by atoms with Crippen LogP contribution in [0.5, 0.6) is 0 Å². The highest BCUT2D eigenvalue weighted by molar-refractivity contribution is 7.10. The van der Waals surface area contributed by atoms with Gasteiger partial charge in [0.05, 0.1) is 12.7 Å². The molecule has 2 heterocycles. The van der Waals surface area contributed by atoms with Gasteiger partial charge in [-0.1, -0.05) is 60.7 Å². The SMILES string of the molecule is COC(=O)C1=C(C)NC2=C(C(=O)CC(c3cccs3)C2)C1c1ccc(-c2ccccc2)cc1. The van der Waals surface area contributed by atoms with E-state index in [4.69, 9.17) is 4.74 Å². The lowest BCUT2D eigenvalue weighted by Gasteiger charge is -2.36. The second-order valence-electron chi connectivity index (χ2n) is 8.51. The fourth-order valence-corrected chi connectivity index (χ4v) is 5.81. The number of hydrogen-bond acceptors (Lipinski definition) is 5. The van der Waals surface area contributed by atoms with Crippen molar-refractivity contribution < 1.29 is 14.3 Å². The van der Waals surface area contributed by atoms with Gasteiger partial charge in [0.2, 0.25) is 0 Å². The lowest BCUT2D eigenvalue weighted by molar-refractivity contribution is -0.136. The van der Waals surface area contributed by atoms with E-state index in [0.717, 1.165) is 34.5 Å². The minimum atomic E-state index is -0.435. The Bertz CT molecular complexity index is 1250. The first-order chi connectivity index (χ1) is 16.1. The van der Waals surface area contributed by atoms with Crippen molar-refractivity contribution in [2.45, 2.75) is 31.6 Å². The number of hydrogen-bond donors (Lipinski definition) is 1. The highest BCUT2D eigenvalue weighted by Gasteiger charge is 2.41. The second-order valence-corrected chi connectivity index (χ2v) is 9.49. The Kier molecular flexibility index (Phi) is 5.73. The summed E-state index contributed by atoms with van der Waals surface area (Å²) in [4.78, 5) is 27.6. The standard InChI is InChI=1S/C28H25NO3S/c1-17-25(28(31)32-2)26(20-12-10-19(11-13-20)18-7-4-3-5-8-18)27-22(29-17)15-21(16-23(27)30)24-9-6-14-33-24/h3-14,21,26,29H,15-16H2,1-2H3. The van der Waals surface area contributed by atoms with Gasteiger partial charge in [0.15, 0.2) is 5.78 Å². The van der Waals surface area contributed by atoms with Crippen molar-refractivity contribution in [1.29, 1.82) is 0 Å². The Morgan fingerprint density at radius 1 is 0.970 bits per heavy atom. The minimum absolute atomic E-state index is 0.0909. The lowest BCUT2D eigenvalue weighted by atomic mass is 9.72. The maximum absolute atomic E-state index is 13.5. The molecule has 2 aliphatic rings. The first-order valence-electron chi connectivity index (χ1n) is 11.1. The van der Waals surface area contributed by atoms with E-state index in [9.17, 15) is 9.59 Å². The molecule has 0 saturated carbocycles. The summed E-state index contributed by atoms with van der Waals surface area (Å²) in [6.45, 7) is 1.89. The van der Waals surface area contributed by atoms with Crippen LogP contribution < -0.4 is 5.32 Å². The quantitative estimate of drug-likeness (QED) is 0.494. The van der Waals surface area contributed by atoms with Gasteiger partial charge in [-0.25, -0.2) is 4.79 Å². The minimum Gasteiger partial charge on any atom is -0.466 e. The zero-order chi connectivity index (χ0) is 22.9. The summed E-state index contributed by atoms with van der Waals surface area (Å²) in [5.41, 5.74) is 6.01. The molecule has 1 aliphatic heterocycles. The molecule has 5 heteroatoms. The van der Waals surface area contributed by atoms with Crippen LogP contribution in [0.15, 0.2) is 94.7 Å².